The van der Waals surface area contributed by atoms with Crippen LogP contribution in [0.1, 0.15) is 15.9 Å². The van der Waals surface area contributed by atoms with Gasteiger partial charge in [-0.3, -0.25) is 4.79 Å². The van der Waals surface area contributed by atoms with E-state index in [4.69, 9.17) is 20.5 Å². The molecule has 114 valence electrons. The third kappa shape index (κ3) is 1.48. The number of hydrogen-bond acceptors (Lipinski definition) is 5. The van der Waals surface area contributed by atoms with Crippen molar-refractivity contribution < 1.29 is 18.7 Å². The molecule has 1 aliphatic heterocycles. The molecule has 6 nitrogen and oxygen atoms in total. The Morgan fingerprint density at radius 3 is 2.46 bits per heavy atom. The van der Waals surface area contributed by atoms with Crippen LogP contribution in [0.5, 0.6) is 11.5 Å². The standard InChI is InChI=1S/C18H7NO5/c1-19-8-2-3-9-12(4-8)18(21)24-17-11-6-14-13(22-7-23-14)5-10(11)16(20)15(9)17/h2-6H,7H2. The molecular weight excluding hydrogens is 310 g/mol. The molecule has 24 heavy (non-hydrogen) atoms. The summed E-state index contributed by atoms with van der Waals surface area (Å²) in [5.74, 6) is 1.02. The van der Waals surface area contributed by atoms with Crippen molar-refractivity contribution in [2.45, 2.75) is 0 Å². The summed E-state index contributed by atoms with van der Waals surface area (Å²) in [6.45, 7) is 7.16. The topological polar surface area (TPSA) is 70.1 Å². The lowest BCUT2D eigenvalue weighted by Gasteiger charge is -2.03. The van der Waals surface area contributed by atoms with Gasteiger partial charge in [-0.2, -0.15) is 0 Å². The van der Waals surface area contributed by atoms with Gasteiger partial charge in [0.25, 0.3) is 0 Å². The summed E-state index contributed by atoms with van der Waals surface area (Å²) in [5.41, 5.74) is 1.01. The molecule has 3 aromatic rings. The number of carbonyl (C=O) groups is 1. The van der Waals surface area contributed by atoms with Crippen LogP contribution in [0.4, 0.5) is 5.69 Å². The highest BCUT2D eigenvalue weighted by molar-refractivity contribution is 6.26. The molecule has 0 amide bonds. The number of nitrogens with zero attached hydrogens (tertiary/aromatic N) is 1. The van der Waals surface area contributed by atoms with E-state index in [0.717, 1.165) is 0 Å². The largest absolute Gasteiger partial charge is 0.454 e. The number of hydrogen-bond donors (Lipinski definition) is 0. The molecule has 2 aliphatic rings. The summed E-state index contributed by atoms with van der Waals surface area (Å²) in [6, 6.07) is 7.90. The van der Waals surface area contributed by atoms with Crippen LogP contribution in [-0.2, 0) is 0 Å². The number of ketones is 1. The van der Waals surface area contributed by atoms with Gasteiger partial charge in [0, 0.05) is 16.5 Å². The normalized spacial score (nSPS) is 13.7. The fourth-order valence-corrected chi connectivity index (χ4v) is 3.18. The van der Waals surface area contributed by atoms with E-state index >= 15 is 0 Å². The number of ether oxygens (including phenoxy) is 2. The van der Waals surface area contributed by atoms with Gasteiger partial charge in [0.15, 0.2) is 28.7 Å². The maximum Gasteiger partial charge on any atom is 0.342 e. The molecule has 0 saturated carbocycles. The van der Waals surface area contributed by atoms with Gasteiger partial charge in [0.2, 0.25) is 6.79 Å². The van der Waals surface area contributed by atoms with Crippen LogP contribution >= 0.6 is 0 Å². The van der Waals surface area contributed by atoms with Crippen LogP contribution in [0.25, 0.3) is 26.9 Å². The van der Waals surface area contributed by atoms with Gasteiger partial charge >= 0.3 is 5.63 Å². The molecule has 1 aromatic heterocycles. The molecule has 0 spiro atoms. The summed E-state index contributed by atoms with van der Waals surface area (Å²) < 4.78 is 16.1. The molecular formula is C18H7NO5. The van der Waals surface area contributed by atoms with Gasteiger partial charge < -0.3 is 13.9 Å². The second-order valence-corrected chi connectivity index (χ2v) is 5.52. The number of carbonyl (C=O) groups excluding carboxylic acids is 1. The molecule has 2 heterocycles. The van der Waals surface area contributed by atoms with Crippen LogP contribution in [0.15, 0.2) is 39.5 Å². The van der Waals surface area contributed by atoms with Crippen molar-refractivity contribution in [3.05, 3.63) is 63.3 Å². The monoisotopic (exact) mass is 317 g/mol. The third-order valence-electron chi connectivity index (χ3n) is 4.27. The molecule has 6 heteroatoms. The average molecular weight is 317 g/mol. The molecule has 0 fully saturated rings. The van der Waals surface area contributed by atoms with Gasteiger partial charge in [0.1, 0.15) is 0 Å². The predicted octanol–water partition coefficient (Wildman–Crippen LogP) is 3.28. The Labute approximate surface area is 134 Å². The molecule has 2 aromatic carbocycles. The van der Waals surface area contributed by atoms with Crippen molar-refractivity contribution in [2.75, 3.05) is 6.79 Å². The first-order valence-corrected chi connectivity index (χ1v) is 7.14. The van der Waals surface area contributed by atoms with E-state index in [0.29, 0.717) is 39.3 Å². The lowest BCUT2D eigenvalue weighted by Crippen LogP contribution is -2.04. The van der Waals surface area contributed by atoms with Gasteiger partial charge in [0.05, 0.1) is 17.5 Å². The minimum atomic E-state index is -0.576. The van der Waals surface area contributed by atoms with Crippen molar-refractivity contribution in [2.24, 2.45) is 0 Å². The Morgan fingerprint density at radius 1 is 0.958 bits per heavy atom. The SMILES string of the molecule is [C-]#[N+]c1ccc2c3c(oc(=O)c2c1)-c1cc2c(cc1C3=O)OCO2. The fourth-order valence-electron chi connectivity index (χ4n) is 3.18. The van der Waals surface area contributed by atoms with Crippen LogP contribution in [0.3, 0.4) is 0 Å². The van der Waals surface area contributed by atoms with E-state index in [2.05, 4.69) is 4.85 Å². The first-order chi connectivity index (χ1) is 11.7. The Kier molecular flexibility index (Phi) is 2.28. The van der Waals surface area contributed by atoms with Crippen LogP contribution in [-0.4, -0.2) is 12.6 Å². The average Bonchev–Trinajstić information content (AvgIpc) is 3.16. The number of benzene rings is 2. The second-order valence-electron chi connectivity index (χ2n) is 5.52. The first kappa shape index (κ1) is 12.9. The van der Waals surface area contributed by atoms with Gasteiger partial charge in [-0.1, -0.05) is 12.1 Å². The van der Waals surface area contributed by atoms with E-state index in [1.807, 2.05) is 0 Å². The Morgan fingerprint density at radius 2 is 1.71 bits per heavy atom. The van der Waals surface area contributed by atoms with Crippen molar-refractivity contribution in [3.8, 4) is 22.8 Å². The minimum Gasteiger partial charge on any atom is -0.454 e. The number of rotatable bonds is 0. The molecule has 5 rings (SSSR count). The molecule has 0 saturated heterocycles. The van der Waals surface area contributed by atoms with Crippen LogP contribution in [0, 0.1) is 6.57 Å². The maximum absolute atomic E-state index is 12.8. The highest BCUT2D eigenvalue weighted by Crippen LogP contribution is 2.45. The zero-order valence-electron chi connectivity index (χ0n) is 12.1. The molecule has 0 radical (unpaired) electrons. The van der Waals surface area contributed by atoms with E-state index in [1.165, 1.54) is 6.07 Å². The molecule has 1 aliphatic carbocycles. The summed E-state index contributed by atoms with van der Waals surface area (Å²) in [7, 11) is 0. The van der Waals surface area contributed by atoms with E-state index in [9.17, 15) is 9.59 Å². The summed E-state index contributed by atoms with van der Waals surface area (Å²) in [4.78, 5) is 28.5. The highest BCUT2D eigenvalue weighted by Gasteiger charge is 2.34. The summed E-state index contributed by atoms with van der Waals surface area (Å²) in [5, 5.41) is 0.709. The zero-order chi connectivity index (χ0) is 16.4. The molecule has 0 unspecified atom stereocenters. The smallest absolute Gasteiger partial charge is 0.342 e. The Balaban J connectivity index is 1.88. The second kappa shape index (κ2) is 4.24. The molecule has 0 bridgehead atoms. The molecule has 0 N–H and O–H groups in total. The number of fused-ring (bicyclic) bond motifs is 6. The third-order valence-corrected chi connectivity index (χ3v) is 4.27. The van der Waals surface area contributed by atoms with Crippen LogP contribution in [0.2, 0.25) is 0 Å². The van der Waals surface area contributed by atoms with Gasteiger partial charge in [-0.05, 0) is 18.2 Å². The summed E-state index contributed by atoms with van der Waals surface area (Å²) >= 11 is 0. The molecule has 0 atom stereocenters. The van der Waals surface area contributed by atoms with E-state index in [1.54, 1.807) is 24.3 Å². The van der Waals surface area contributed by atoms with Crippen molar-refractivity contribution >= 4 is 22.2 Å². The minimum absolute atomic E-state index is 0.0976. The summed E-state index contributed by atoms with van der Waals surface area (Å²) in [6.07, 6.45) is 0. The Hall–Kier alpha value is -3.59. The highest BCUT2D eigenvalue weighted by atomic mass is 16.7. The predicted molar refractivity (Wildman–Crippen MR) is 83.7 cm³/mol. The van der Waals surface area contributed by atoms with E-state index < -0.39 is 5.63 Å². The van der Waals surface area contributed by atoms with Crippen molar-refractivity contribution in [1.82, 2.24) is 0 Å². The Bertz CT molecular complexity index is 1180. The quantitative estimate of drug-likeness (QED) is 0.465. The maximum atomic E-state index is 12.8. The van der Waals surface area contributed by atoms with Crippen molar-refractivity contribution in [1.29, 1.82) is 0 Å². The van der Waals surface area contributed by atoms with E-state index in [-0.39, 0.29) is 23.7 Å². The lowest BCUT2D eigenvalue weighted by molar-refractivity contribution is 0.104. The van der Waals surface area contributed by atoms with Crippen molar-refractivity contribution in [3.63, 3.8) is 0 Å². The van der Waals surface area contributed by atoms with Crippen LogP contribution < -0.4 is 15.1 Å². The lowest BCUT2D eigenvalue weighted by atomic mass is 10.0. The zero-order valence-corrected chi connectivity index (χ0v) is 12.1. The fraction of sp³-hybridized carbons (Fsp3) is 0.0556. The van der Waals surface area contributed by atoms with Gasteiger partial charge in [-0.15, -0.1) is 0 Å². The first-order valence-electron chi connectivity index (χ1n) is 7.14. The van der Waals surface area contributed by atoms with Gasteiger partial charge in [-0.25, -0.2) is 9.64 Å².